The molecule has 1 heterocycles. The number of benzene rings is 1. The van der Waals surface area contributed by atoms with E-state index in [2.05, 4.69) is 20.9 Å². The third kappa shape index (κ3) is 3.51. The molecule has 1 aromatic carbocycles. The van der Waals surface area contributed by atoms with Crippen LogP contribution in [0, 0.1) is 10.1 Å². The summed E-state index contributed by atoms with van der Waals surface area (Å²) in [6.07, 6.45) is 1.17. The average molecular weight is 323 g/mol. The summed E-state index contributed by atoms with van der Waals surface area (Å²) in [6, 6.07) is 10.4. The summed E-state index contributed by atoms with van der Waals surface area (Å²) in [5.74, 6) is 0.962. The SMILES string of the molecule is CC(Br)c1ccc(Oc2ccc([N+](=O)[O-])cn2)cc1. The zero-order chi connectivity index (χ0) is 13.8. The molecule has 2 rings (SSSR count). The second kappa shape index (κ2) is 5.79. The Morgan fingerprint density at radius 2 is 1.95 bits per heavy atom. The van der Waals surface area contributed by atoms with Gasteiger partial charge in [-0.05, 0) is 24.6 Å². The van der Waals surface area contributed by atoms with Gasteiger partial charge in [-0.2, -0.15) is 0 Å². The van der Waals surface area contributed by atoms with E-state index in [4.69, 9.17) is 4.74 Å². The molecule has 2 aromatic rings. The molecule has 1 atom stereocenters. The number of rotatable bonds is 4. The summed E-state index contributed by atoms with van der Waals surface area (Å²) in [7, 11) is 0. The third-order valence-corrected chi connectivity index (χ3v) is 3.02. The van der Waals surface area contributed by atoms with Crippen LogP contribution in [0.3, 0.4) is 0 Å². The Hall–Kier alpha value is -1.95. The lowest BCUT2D eigenvalue weighted by atomic mass is 10.2. The van der Waals surface area contributed by atoms with Crippen molar-refractivity contribution in [1.29, 1.82) is 0 Å². The van der Waals surface area contributed by atoms with Crippen LogP contribution in [0.25, 0.3) is 0 Å². The van der Waals surface area contributed by atoms with Gasteiger partial charge in [-0.25, -0.2) is 4.98 Å². The molecule has 0 N–H and O–H groups in total. The first kappa shape index (κ1) is 13.5. The molecule has 0 radical (unpaired) electrons. The van der Waals surface area contributed by atoms with Crippen molar-refractivity contribution in [3.05, 3.63) is 58.3 Å². The van der Waals surface area contributed by atoms with Crippen LogP contribution in [0.5, 0.6) is 11.6 Å². The minimum atomic E-state index is -0.497. The third-order valence-electron chi connectivity index (χ3n) is 2.49. The van der Waals surface area contributed by atoms with E-state index in [9.17, 15) is 10.1 Å². The van der Waals surface area contributed by atoms with Crippen LogP contribution in [0.1, 0.15) is 17.3 Å². The van der Waals surface area contributed by atoms with Gasteiger partial charge in [0.15, 0.2) is 0 Å². The minimum absolute atomic E-state index is 0.0594. The molecule has 6 heteroatoms. The number of alkyl halides is 1. The zero-order valence-electron chi connectivity index (χ0n) is 10.1. The van der Waals surface area contributed by atoms with Gasteiger partial charge in [-0.1, -0.05) is 28.1 Å². The maximum absolute atomic E-state index is 10.5. The quantitative estimate of drug-likeness (QED) is 0.479. The van der Waals surface area contributed by atoms with E-state index in [-0.39, 0.29) is 10.5 Å². The maximum Gasteiger partial charge on any atom is 0.287 e. The van der Waals surface area contributed by atoms with Crippen LogP contribution in [-0.2, 0) is 0 Å². The van der Waals surface area contributed by atoms with Gasteiger partial charge < -0.3 is 4.74 Å². The Balaban J connectivity index is 2.10. The second-order valence-electron chi connectivity index (χ2n) is 3.90. The lowest BCUT2D eigenvalue weighted by Gasteiger charge is -2.06. The summed E-state index contributed by atoms with van der Waals surface area (Å²) >= 11 is 3.48. The molecule has 1 aromatic heterocycles. The zero-order valence-corrected chi connectivity index (χ0v) is 11.7. The number of hydrogen-bond acceptors (Lipinski definition) is 4. The Morgan fingerprint density at radius 3 is 2.42 bits per heavy atom. The Bertz CT molecular complexity index is 567. The first-order chi connectivity index (χ1) is 9.06. The molecule has 0 aliphatic carbocycles. The first-order valence-corrected chi connectivity index (χ1v) is 6.50. The fourth-order valence-corrected chi connectivity index (χ4v) is 1.77. The fourth-order valence-electron chi connectivity index (χ4n) is 1.46. The van der Waals surface area contributed by atoms with E-state index in [1.807, 2.05) is 31.2 Å². The number of pyridine rings is 1. The average Bonchev–Trinajstić information content (AvgIpc) is 2.40. The van der Waals surface area contributed by atoms with E-state index >= 15 is 0 Å². The summed E-state index contributed by atoms with van der Waals surface area (Å²) in [5.41, 5.74) is 1.08. The topological polar surface area (TPSA) is 65.3 Å². The number of nitro groups is 1. The molecular formula is C13H11BrN2O3. The molecule has 0 saturated heterocycles. The highest BCUT2D eigenvalue weighted by Crippen LogP contribution is 2.26. The number of ether oxygens (including phenoxy) is 1. The van der Waals surface area contributed by atoms with Crippen LogP contribution in [0.2, 0.25) is 0 Å². The van der Waals surface area contributed by atoms with Gasteiger partial charge in [-0.15, -0.1) is 0 Å². The van der Waals surface area contributed by atoms with Crippen LogP contribution in [0.15, 0.2) is 42.6 Å². The number of aromatic nitrogens is 1. The molecule has 0 bridgehead atoms. The molecule has 0 saturated carbocycles. The Morgan fingerprint density at radius 1 is 1.26 bits per heavy atom. The Kier molecular flexibility index (Phi) is 4.11. The van der Waals surface area contributed by atoms with Crippen LogP contribution in [-0.4, -0.2) is 9.91 Å². The smallest absolute Gasteiger partial charge is 0.287 e. The molecular weight excluding hydrogens is 312 g/mol. The van der Waals surface area contributed by atoms with E-state index < -0.39 is 4.92 Å². The van der Waals surface area contributed by atoms with Crippen LogP contribution in [0.4, 0.5) is 5.69 Å². The highest BCUT2D eigenvalue weighted by molar-refractivity contribution is 9.09. The van der Waals surface area contributed by atoms with Crippen molar-refractivity contribution in [3.63, 3.8) is 0 Å². The molecule has 0 aliphatic heterocycles. The van der Waals surface area contributed by atoms with Crippen LogP contribution < -0.4 is 4.74 Å². The van der Waals surface area contributed by atoms with Gasteiger partial charge in [0.2, 0.25) is 5.88 Å². The van der Waals surface area contributed by atoms with Crippen LogP contribution >= 0.6 is 15.9 Å². The van der Waals surface area contributed by atoms with E-state index in [0.717, 1.165) is 5.56 Å². The van der Waals surface area contributed by atoms with Gasteiger partial charge in [0.05, 0.1) is 4.92 Å². The van der Waals surface area contributed by atoms with Crippen molar-refractivity contribution >= 4 is 21.6 Å². The molecule has 0 aliphatic rings. The van der Waals surface area contributed by atoms with E-state index in [1.165, 1.54) is 18.3 Å². The summed E-state index contributed by atoms with van der Waals surface area (Å²) in [4.78, 5) is 14.2. The molecule has 19 heavy (non-hydrogen) atoms. The monoisotopic (exact) mass is 322 g/mol. The van der Waals surface area contributed by atoms with Gasteiger partial charge in [-0.3, -0.25) is 10.1 Å². The standard InChI is InChI=1S/C13H11BrN2O3/c1-9(14)10-2-5-12(6-3-10)19-13-7-4-11(8-15-13)16(17)18/h2-9H,1H3. The largest absolute Gasteiger partial charge is 0.439 e. The van der Waals surface area contributed by atoms with Gasteiger partial charge >= 0.3 is 0 Å². The maximum atomic E-state index is 10.5. The van der Waals surface area contributed by atoms with Crippen molar-refractivity contribution in [2.24, 2.45) is 0 Å². The predicted molar refractivity (Wildman–Crippen MR) is 74.7 cm³/mol. The molecule has 0 amide bonds. The van der Waals surface area contributed by atoms with E-state index in [1.54, 1.807) is 0 Å². The van der Waals surface area contributed by atoms with Crippen molar-refractivity contribution in [3.8, 4) is 11.6 Å². The number of nitrogens with zero attached hydrogens (tertiary/aromatic N) is 2. The summed E-state index contributed by atoms with van der Waals surface area (Å²) in [5, 5.41) is 10.5. The summed E-state index contributed by atoms with van der Waals surface area (Å²) in [6.45, 7) is 2.04. The lowest BCUT2D eigenvalue weighted by Crippen LogP contribution is -1.92. The lowest BCUT2D eigenvalue weighted by molar-refractivity contribution is -0.385. The first-order valence-electron chi connectivity index (χ1n) is 5.58. The normalized spacial score (nSPS) is 11.9. The Labute approximate surface area is 118 Å². The fraction of sp³-hybridized carbons (Fsp3) is 0.154. The molecule has 0 fully saturated rings. The number of hydrogen-bond donors (Lipinski definition) is 0. The predicted octanol–water partition coefficient (Wildman–Crippen LogP) is 4.24. The second-order valence-corrected chi connectivity index (χ2v) is 5.27. The van der Waals surface area contributed by atoms with Gasteiger partial charge in [0, 0.05) is 17.0 Å². The highest BCUT2D eigenvalue weighted by Gasteiger charge is 2.07. The van der Waals surface area contributed by atoms with Crippen molar-refractivity contribution in [2.75, 3.05) is 0 Å². The minimum Gasteiger partial charge on any atom is -0.439 e. The van der Waals surface area contributed by atoms with E-state index in [0.29, 0.717) is 11.6 Å². The molecule has 0 spiro atoms. The molecule has 5 nitrogen and oxygen atoms in total. The van der Waals surface area contributed by atoms with Crippen molar-refractivity contribution in [1.82, 2.24) is 4.98 Å². The molecule has 98 valence electrons. The molecule has 1 unspecified atom stereocenters. The van der Waals surface area contributed by atoms with Gasteiger partial charge in [0.25, 0.3) is 5.69 Å². The summed E-state index contributed by atoms with van der Waals surface area (Å²) < 4.78 is 5.50. The van der Waals surface area contributed by atoms with Gasteiger partial charge in [0.1, 0.15) is 11.9 Å². The van der Waals surface area contributed by atoms with Crippen molar-refractivity contribution < 1.29 is 9.66 Å². The number of halogens is 1. The highest BCUT2D eigenvalue weighted by atomic mass is 79.9. The van der Waals surface area contributed by atoms with Crippen molar-refractivity contribution in [2.45, 2.75) is 11.8 Å².